The third kappa shape index (κ3) is 3.60. The highest BCUT2D eigenvalue weighted by molar-refractivity contribution is 6.13. The van der Waals surface area contributed by atoms with E-state index in [1.54, 1.807) is 0 Å². The smallest absolute Gasteiger partial charge is 0.156 e. The summed E-state index contributed by atoms with van der Waals surface area (Å²) in [4.78, 5) is 9.52. The molecule has 2 aromatic carbocycles. The maximum absolute atomic E-state index is 4.97. The molecule has 3 aromatic rings. The summed E-state index contributed by atoms with van der Waals surface area (Å²) in [7, 11) is 0. The van der Waals surface area contributed by atoms with E-state index in [0.717, 1.165) is 28.2 Å². The van der Waals surface area contributed by atoms with Gasteiger partial charge in [0.2, 0.25) is 0 Å². The van der Waals surface area contributed by atoms with Gasteiger partial charge >= 0.3 is 0 Å². The van der Waals surface area contributed by atoms with Crippen molar-refractivity contribution in [3.8, 4) is 0 Å². The molecule has 0 saturated carbocycles. The fraction of sp³-hybridized carbons (Fsp3) is 0.182. The Balaban J connectivity index is 2.19. The van der Waals surface area contributed by atoms with Crippen molar-refractivity contribution < 1.29 is 0 Å². The van der Waals surface area contributed by atoms with Crippen LogP contribution in [0.2, 0.25) is 0 Å². The third-order valence-electron chi connectivity index (χ3n) is 3.91. The Kier molecular flexibility index (Phi) is 4.57. The molecule has 1 aromatic heterocycles. The second-order valence-electron chi connectivity index (χ2n) is 6.82. The van der Waals surface area contributed by atoms with Crippen LogP contribution in [0.5, 0.6) is 0 Å². The molecular weight excluding hydrogens is 292 g/mol. The molecule has 24 heavy (non-hydrogen) atoms. The number of hydrogen-bond acceptors (Lipinski definition) is 2. The Labute approximate surface area is 143 Å². The molecule has 0 aliphatic rings. The van der Waals surface area contributed by atoms with E-state index in [2.05, 4.69) is 56.1 Å². The van der Waals surface area contributed by atoms with E-state index in [-0.39, 0.29) is 5.41 Å². The van der Waals surface area contributed by atoms with Crippen LogP contribution < -0.4 is 0 Å². The summed E-state index contributed by atoms with van der Waals surface area (Å²) in [6.45, 7) is 6.56. The van der Waals surface area contributed by atoms with Gasteiger partial charge < -0.3 is 0 Å². The molecule has 0 bridgehead atoms. The highest BCUT2D eigenvalue weighted by Gasteiger charge is 2.19. The number of rotatable bonds is 3. The van der Waals surface area contributed by atoms with Crippen LogP contribution in [0.25, 0.3) is 0 Å². The molecule has 0 unspecified atom stereocenters. The van der Waals surface area contributed by atoms with E-state index in [4.69, 9.17) is 4.99 Å². The standard InChI is InChI=1S/C22H22N2/c1-22(2,3)19-15-10-16-23-21(19)24-20(17-11-6-4-7-12-17)18-13-8-5-9-14-18/h4-16H,1-3H3. The Morgan fingerprint density at radius 1 is 0.750 bits per heavy atom. The van der Waals surface area contributed by atoms with E-state index >= 15 is 0 Å². The van der Waals surface area contributed by atoms with Gasteiger partial charge in [0.05, 0.1) is 5.71 Å². The van der Waals surface area contributed by atoms with E-state index < -0.39 is 0 Å². The molecule has 2 heteroatoms. The lowest BCUT2D eigenvalue weighted by molar-refractivity contribution is 0.589. The van der Waals surface area contributed by atoms with Gasteiger partial charge in [-0.15, -0.1) is 0 Å². The van der Waals surface area contributed by atoms with Gasteiger partial charge in [0.25, 0.3) is 0 Å². The number of benzene rings is 2. The lowest BCUT2D eigenvalue weighted by atomic mass is 9.87. The Morgan fingerprint density at radius 3 is 1.79 bits per heavy atom. The fourth-order valence-corrected chi connectivity index (χ4v) is 2.67. The lowest BCUT2D eigenvalue weighted by Crippen LogP contribution is -2.12. The van der Waals surface area contributed by atoms with Gasteiger partial charge in [0, 0.05) is 22.9 Å². The summed E-state index contributed by atoms with van der Waals surface area (Å²) in [6, 6.07) is 24.6. The Bertz CT molecular complexity index is 787. The van der Waals surface area contributed by atoms with E-state index in [1.165, 1.54) is 0 Å². The Hall–Kier alpha value is -2.74. The van der Waals surface area contributed by atoms with Gasteiger partial charge in [0.15, 0.2) is 5.82 Å². The van der Waals surface area contributed by atoms with Crippen molar-refractivity contribution in [1.82, 2.24) is 4.98 Å². The second-order valence-corrected chi connectivity index (χ2v) is 6.82. The normalized spacial score (nSPS) is 11.1. The third-order valence-corrected chi connectivity index (χ3v) is 3.91. The van der Waals surface area contributed by atoms with E-state index in [0.29, 0.717) is 0 Å². The minimum absolute atomic E-state index is 0.00835. The van der Waals surface area contributed by atoms with Crippen LogP contribution in [0.1, 0.15) is 37.5 Å². The van der Waals surface area contributed by atoms with Gasteiger partial charge in [-0.1, -0.05) is 87.5 Å². The van der Waals surface area contributed by atoms with Gasteiger partial charge in [0.1, 0.15) is 0 Å². The van der Waals surface area contributed by atoms with Crippen molar-refractivity contribution >= 4 is 11.5 Å². The van der Waals surface area contributed by atoms with Crippen molar-refractivity contribution in [1.29, 1.82) is 0 Å². The first kappa shape index (κ1) is 16.1. The highest BCUT2D eigenvalue weighted by Crippen LogP contribution is 2.30. The van der Waals surface area contributed by atoms with Crippen LogP contribution in [0.4, 0.5) is 5.82 Å². The van der Waals surface area contributed by atoms with Crippen molar-refractivity contribution in [2.75, 3.05) is 0 Å². The SMILES string of the molecule is CC(C)(C)c1cccnc1N=C(c1ccccc1)c1ccccc1. The van der Waals surface area contributed by atoms with Gasteiger partial charge in [-0.25, -0.2) is 9.98 Å². The number of hydrogen-bond donors (Lipinski definition) is 0. The molecule has 0 aliphatic carbocycles. The Morgan fingerprint density at radius 2 is 1.29 bits per heavy atom. The summed E-state index contributed by atoms with van der Waals surface area (Å²) in [5.74, 6) is 0.785. The van der Waals surface area contributed by atoms with Crippen LogP contribution in [-0.4, -0.2) is 10.7 Å². The van der Waals surface area contributed by atoms with Gasteiger partial charge in [-0.3, -0.25) is 0 Å². The number of aliphatic imine (C=N–C) groups is 1. The molecule has 0 aliphatic heterocycles. The minimum Gasteiger partial charge on any atom is -0.237 e. The summed E-state index contributed by atoms with van der Waals surface area (Å²) in [5.41, 5.74) is 4.27. The molecule has 0 saturated heterocycles. The predicted octanol–water partition coefficient (Wildman–Crippen LogP) is 5.55. The van der Waals surface area contributed by atoms with E-state index in [9.17, 15) is 0 Å². The number of nitrogens with zero attached hydrogens (tertiary/aromatic N) is 2. The molecule has 2 nitrogen and oxygen atoms in total. The molecule has 1 heterocycles. The number of aromatic nitrogens is 1. The van der Waals surface area contributed by atoms with Crippen LogP contribution in [-0.2, 0) is 5.41 Å². The van der Waals surface area contributed by atoms with Crippen molar-refractivity contribution in [2.45, 2.75) is 26.2 Å². The van der Waals surface area contributed by atoms with Crippen LogP contribution >= 0.6 is 0 Å². The molecule has 120 valence electrons. The molecule has 0 fully saturated rings. The molecule has 0 spiro atoms. The zero-order chi connectivity index (χ0) is 17.0. The monoisotopic (exact) mass is 314 g/mol. The zero-order valence-electron chi connectivity index (χ0n) is 14.4. The summed E-state index contributed by atoms with van der Waals surface area (Å²) in [5, 5.41) is 0. The predicted molar refractivity (Wildman–Crippen MR) is 101 cm³/mol. The largest absolute Gasteiger partial charge is 0.237 e. The average Bonchev–Trinajstić information content (AvgIpc) is 2.61. The molecule has 0 radical (unpaired) electrons. The molecule has 0 N–H and O–H groups in total. The summed E-state index contributed by atoms with van der Waals surface area (Å²) < 4.78 is 0. The van der Waals surface area contributed by atoms with Crippen LogP contribution in [0.15, 0.2) is 84.0 Å². The molecule has 3 rings (SSSR count). The molecular formula is C22H22N2. The summed E-state index contributed by atoms with van der Waals surface area (Å²) in [6.07, 6.45) is 1.81. The van der Waals surface area contributed by atoms with Crippen molar-refractivity contribution in [2.24, 2.45) is 4.99 Å². The van der Waals surface area contributed by atoms with Gasteiger partial charge in [-0.05, 0) is 11.5 Å². The lowest BCUT2D eigenvalue weighted by Gasteiger charge is -2.20. The summed E-state index contributed by atoms with van der Waals surface area (Å²) >= 11 is 0. The first-order chi connectivity index (χ1) is 11.6. The zero-order valence-corrected chi connectivity index (χ0v) is 14.4. The van der Waals surface area contributed by atoms with Gasteiger partial charge in [-0.2, -0.15) is 0 Å². The topological polar surface area (TPSA) is 25.2 Å². The molecule has 0 amide bonds. The van der Waals surface area contributed by atoms with Crippen LogP contribution in [0.3, 0.4) is 0 Å². The van der Waals surface area contributed by atoms with Crippen molar-refractivity contribution in [3.05, 3.63) is 95.7 Å². The first-order valence-corrected chi connectivity index (χ1v) is 8.21. The molecule has 0 atom stereocenters. The maximum Gasteiger partial charge on any atom is 0.156 e. The van der Waals surface area contributed by atoms with Crippen LogP contribution in [0, 0.1) is 0 Å². The maximum atomic E-state index is 4.97. The average molecular weight is 314 g/mol. The van der Waals surface area contributed by atoms with Crippen molar-refractivity contribution in [3.63, 3.8) is 0 Å². The highest BCUT2D eigenvalue weighted by atomic mass is 14.9. The number of pyridine rings is 1. The second kappa shape index (κ2) is 6.79. The minimum atomic E-state index is -0.00835. The first-order valence-electron chi connectivity index (χ1n) is 8.21. The fourth-order valence-electron chi connectivity index (χ4n) is 2.67. The van der Waals surface area contributed by atoms with E-state index in [1.807, 2.05) is 48.7 Å². The quantitative estimate of drug-likeness (QED) is 0.582.